The van der Waals surface area contributed by atoms with Crippen molar-refractivity contribution < 1.29 is 23.4 Å². The van der Waals surface area contributed by atoms with Crippen LogP contribution in [0.25, 0.3) is 0 Å². The summed E-state index contributed by atoms with van der Waals surface area (Å²) in [5, 5.41) is 8.34. The first-order valence-electron chi connectivity index (χ1n) is 5.79. The van der Waals surface area contributed by atoms with E-state index in [9.17, 15) is 13.6 Å². The number of halogens is 2. The Kier molecular flexibility index (Phi) is 3.61. The average molecular weight is 256 g/mol. The Labute approximate surface area is 103 Å². The maximum absolute atomic E-state index is 13.8. The highest BCUT2D eigenvalue weighted by Gasteiger charge is 2.33. The van der Waals surface area contributed by atoms with Gasteiger partial charge in [-0.1, -0.05) is 12.1 Å². The molecule has 0 atom stereocenters. The van der Waals surface area contributed by atoms with Crippen LogP contribution in [0.4, 0.5) is 8.78 Å². The summed E-state index contributed by atoms with van der Waals surface area (Å²) in [6.07, 6.45) is 2.77. The quantitative estimate of drug-likeness (QED) is 0.879. The SMILES string of the molecule is O=C(O)COCC(F)(F)c1ccc2c(c1)CCC2. The number of rotatable bonds is 5. The van der Waals surface area contributed by atoms with Crippen LogP contribution in [-0.2, 0) is 28.3 Å². The Balaban J connectivity index is 2.07. The lowest BCUT2D eigenvalue weighted by molar-refractivity contribution is -0.147. The number of alkyl halides is 2. The number of aliphatic carboxylic acids is 1. The molecule has 0 saturated carbocycles. The molecule has 1 aromatic carbocycles. The summed E-state index contributed by atoms with van der Waals surface area (Å²) in [6.45, 7) is -1.61. The highest BCUT2D eigenvalue weighted by molar-refractivity contribution is 5.68. The van der Waals surface area contributed by atoms with Gasteiger partial charge in [-0.25, -0.2) is 4.79 Å². The molecule has 0 amide bonds. The molecule has 0 aromatic heterocycles. The predicted molar refractivity (Wildman–Crippen MR) is 60.8 cm³/mol. The number of hydrogen-bond acceptors (Lipinski definition) is 2. The topological polar surface area (TPSA) is 46.5 Å². The van der Waals surface area contributed by atoms with Crippen molar-refractivity contribution in [2.24, 2.45) is 0 Å². The minimum Gasteiger partial charge on any atom is -0.480 e. The molecule has 2 rings (SSSR count). The van der Waals surface area contributed by atoms with E-state index in [1.54, 1.807) is 6.07 Å². The fourth-order valence-corrected chi connectivity index (χ4v) is 2.15. The van der Waals surface area contributed by atoms with Crippen LogP contribution in [0.1, 0.15) is 23.1 Å². The van der Waals surface area contributed by atoms with Gasteiger partial charge in [0.1, 0.15) is 13.2 Å². The van der Waals surface area contributed by atoms with Crippen molar-refractivity contribution >= 4 is 5.97 Å². The Morgan fingerprint density at radius 3 is 2.78 bits per heavy atom. The van der Waals surface area contributed by atoms with Gasteiger partial charge in [-0.15, -0.1) is 0 Å². The first-order valence-corrected chi connectivity index (χ1v) is 5.79. The van der Waals surface area contributed by atoms with Crippen LogP contribution in [-0.4, -0.2) is 24.3 Å². The Bertz CT molecular complexity index is 458. The van der Waals surface area contributed by atoms with Gasteiger partial charge in [0.05, 0.1) is 0 Å². The number of fused-ring (bicyclic) bond motifs is 1. The van der Waals surface area contributed by atoms with Crippen LogP contribution in [0.5, 0.6) is 0 Å². The summed E-state index contributed by atoms with van der Waals surface area (Å²) in [4.78, 5) is 10.2. The number of carboxylic acid groups (broad SMARTS) is 1. The van der Waals surface area contributed by atoms with Gasteiger partial charge in [-0.2, -0.15) is 8.78 Å². The maximum Gasteiger partial charge on any atom is 0.329 e. The summed E-state index contributed by atoms with van der Waals surface area (Å²) in [6, 6.07) is 4.63. The van der Waals surface area contributed by atoms with Crippen molar-refractivity contribution in [2.45, 2.75) is 25.2 Å². The highest BCUT2D eigenvalue weighted by Crippen LogP contribution is 2.32. The van der Waals surface area contributed by atoms with Gasteiger partial charge in [-0.05, 0) is 36.5 Å². The Morgan fingerprint density at radius 1 is 1.33 bits per heavy atom. The van der Waals surface area contributed by atoms with Crippen LogP contribution >= 0.6 is 0 Å². The van der Waals surface area contributed by atoms with Gasteiger partial charge < -0.3 is 9.84 Å². The van der Waals surface area contributed by atoms with Crippen molar-refractivity contribution in [1.29, 1.82) is 0 Å². The van der Waals surface area contributed by atoms with Gasteiger partial charge >= 0.3 is 5.97 Å². The van der Waals surface area contributed by atoms with E-state index in [4.69, 9.17) is 5.11 Å². The first kappa shape index (κ1) is 13.0. The third-order valence-electron chi connectivity index (χ3n) is 3.03. The van der Waals surface area contributed by atoms with Crippen LogP contribution < -0.4 is 0 Å². The third kappa shape index (κ3) is 2.85. The third-order valence-corrected chi connectivity index (χ3v) is 3.03. The van der Waals surface area contributed by atoms with Crippen molar-refractivity contribution in [1.82, 2.24) is 0 Å². The Morgan fingerprint density at radius 2 is 2.06 bits per heavy atom. The fourth-order valence-electron chi connectivity index (χ4n) is 2.15. The molecule has 18 heavy (non-hydrogen) atoms. The molecule has 5 heteroatoms. The zero-order chi connectivity index (χ0) is 13.2. The number of aryl methyl sites for hydroxylation is 2. The molecule has 1 N–H and O–H groups in total. The molecule has 0 spiro atoms. The lowest BCUT2D eigenvalue weighted by atomic mass is 10.0. The molecule has 1 aliphatic carbocycles. The van der Waals surface area contributed by atoms with Crippen LogP contribution in [0, 0.1) is 0 Å². The average Bonchev–Trinajstić information content (AvgIpc) is 2.74. The number of benzene rings is 1. The highest BCUT2D eigenvalue weighted by atomic mass is 19.3. The summed E-state index contributed by atoms with van der Waals surface area (Å²) in [7, 11) is 0. The van der Waals surface area contributed by atoms with E-state index in [2.05, 4.69) is 4.74 Å². The maximum atomic E-state index is 13.8. The first-order chi connectivity index (χ1) is 8.49. The minimum absolute atomic E-state index is 0.103. The van der Waals surface area contributed by atoms with Crippen LogP contribution in [0.15, 0.2) is 18.2 Å². The molecule has 0 unspecified atom stereocenters. The smallest absolute Gasteiger partial charge is 0.329 e. The van der Waals surface area contributed by atoms with Gasteiger partial charge in [0.2, 0.25) is 0 Å². The van der Waals surface area contributed by atoms with E-state index in [-0.39, 0.29) is 5.56 Å². The van der Waals surface area contributed by atoms with Crippen LogP contribution in [0.2, 0.25) is 0 Å². The number of carboxylic acids is 1. The molecule has 98 valence electrons. The zero-order valence-electron chi connectivity index (χ0n) is 9.79. The molecule has 1 aliphatic rings. The van der Waals surface area contributed by atoms with Crippen molar-refractivity contribution in [2.75, 3.05) is 13.2 Å². The molecule has 1 aromatic rings. The van der Waals surface area contributed by atoms with E-state index in [1.165, 1.54) is 12.1 Å². The molecule has 0 heterocycles. The molecule has 0 aliphatic heterocycles. The van der Waals surface area contributed by atoms with Gasteiger partial charge in [0.15, 0.2) is 0 Å². The second kappa shape index (κ2) is 5.02. The molecule has 0 bridgehead atoms. The summed E-state index contributed by atoms with van der Waals surface area (Å²) >= 11 is 0. The fraction of sp³-hybridized carbons (Fsp3) is 0.462. The molecular formula is C13H14F2O3. The van der Waals surface area contributed by atoms with Gasteiger partial charge in [0, 0.05) is 5.56 Å². The van der Waals surface area contributed by atoms with Crippen molar-refractivity contribution in [3.05, 3.63) is 34.9 Å². The number of carbonyl (C=O) groups is 1. The lowest BCUT2D eigenvalue weighted by Gasteiger charge is -2.17. The predicted octanol–water partition coefficient (Wildman–Crippen LogP) is 2.37. The molecule has 0 radical (unpaired) electrons. The summed E-state index contributed by atoms with van der Waals surface area (Å²) in [5.74, 6) is -4.40. The van der Waals surface area contributed by atoms with Crippen molar-refractivity contribution in [3.8, 4) is 0 Å². The molecule has 0 saturated heterocycles. The largest absolute Gasteiger partial charge is 0.480 e. The van der Waals surface area contributed by atoms with Crippen LogP contribution in [0.3, 0.4) is 0 Å². The second-order valence-electron chi connectivity index (χ2n) is 4.43. The standard InChI is InChI=1S/C13H14F2O3/c14-13(15,8-18-7-12(16)17)11-5-4-9-2-1-3-10(9)6-11/h4-6H,1-3,7-8H2,(H,16,17). The summed E-state index contributed by atoms with van der Waals surface area (Å²) < 4.78 is 32.0. The monoisotopic (exact) mass is 256 g/mol. The van der Waals surface area contributed by atoms with Gasteiger partial charge in [0.25, 0.3) is 5.92 Å². The lowest BCUT2D eigenvalue weighted by Crippen LogP contribution is -2.23. The Hall–Kier alpha value is -1.49. The normalized spacial score (nSPS) is 14.6. The number of hydrogen-bond donors (Lipinski definition) is 1. The molecule has 0 fully saturated rings. The van der Waals surface area contributed by atoms with E-state index >= 15 is 0 Å². The van der Waals surface area contributed by atoms with E-state index in [0.29, 0.717) is 0 Å². The van der Waals surface area contributed by atoms with E-state index in [1.807, 2.05) is 0 Å². The molecular weight excluding hydrogens is 242 g/mol. The second-order valence-corrected chi connectivity index (χ2v) is 4.43. The number of ether oxygens (including phenoxy) is 1. The minimum atomic E-state index is -3.15. The van der Waals surface area contributed by atoms with E-state index < -0.39 is 25.1 Å². The summed E-state index contributed by atoms with van der Waals surface area (Å²) in [5.41, 5.74) is 1.99. The molecule has 3 nitrogen and oxygen atoms in total. The zero-order valence-corrected chi connectivity index (χ0v) is 9.79. The van der Waals surface area contributed by atoms with E-state index in [0.717, 1.165) is 30.4 Å². The van der Waals surface area contributed by atoms with Gasteiger partial charge in [-0.3, -0.25) is 0 Å². The van der Waals surface area contributed by atoms with Crippen molar-refractivity contribution in [3.63, 3.8) is 0 Å².